The van der Waals surface area contributed by atoms with Crippen molar-refractivity contribution in [2.45, 2.75) is 6.92 Å². The third-order valence-electron chi connectivity index (χ3n) is 3.09. The summed E-state index contributed by atoms with van der Waals surface area (Å²) in [7, 11) is 0. The highest BCUT2D eigenvalue weighted by atomic mass is 16.2. The van der Waals surface area contributed by atoms with Gasteiger partial charge in [-0.2, -0.15) is 0 Å². The standard InChI is InChI=1S/C17H15N3O4/c1-11(21)20-14-5-3-2-4-13(14)16(23)15(22)10-19-17(24)12-6-8-18-9-7-12/h2-9H,10H2,1H3,(H,19,24)(H,20,21). The molecule has 7 heteroatoms. The maximum Gasteiger partial charge on any atom is 0.251 e. The number of hydrogen-bond acceptors (Lipinski definition) is 5. The Balaban J connectivity index is 2.04. The third kappa shape index (κ3) is 4.33. The Bertz CT molecular complexity index is 787. The second-order valence-electron chi connectivity index (χ2n) is 4.90. The minimum atomic E-state index is -0.783. The van der Waals surface area contributed by atoms with E-state index in [1.54, 1.807) is 12.1 Å². The lowest BCUT2D eigenvalue weighted by Gasteiger charge is -2.09. The van der Waals surface area contributed by atoms with Crippen LogP contribution in [0.3, 0.4) is 0 Å². The SMILES string of the molecule is CC(=O)Nc1ccccc1C(=O)C(=O)CNC(=O)c1ccncc1. The minimum Gasteiger partial charge on any atom is -0.344 e. The Morgan fingerprint density at radius 3 is 2.33 bits per heavy atom. The molecule has 2 amide bonds. The van der Waals surface area contributed by atoms with Crippen LogP contribution in [-0.2, 0) is 9.59 Å². The summed E-state index contributed by atoms with van der Waals surface area (Å²) < 4.78 is 0. The summed E-state index contributed by atoms with van der Waals surface area (Å²) in [6.45, 7) is 0.867. The average Bonchev–Trinajstić information content (AvgIpc) is 2.59. The first-order chi connectivity index (χ1) is 11.5. The average molecular weight is 325 g/mol. The summed E-state index contributed by atoms with van der Waals surface area (Å²) in [6.07, 6.45) is 2.90. The molecule has 0 saturated carbocycles. The lowest BCUT2D eigenvalue weighted by molar-refractivity contribution is -0.115. The Morgan fingerprint density at radius 1 is 1.00 bits per heavy atom. The molecule has 0 unspecified atom stereocenters. The topological polar surface area (TPSA) is 105 Å². The number of Topliss-reactive ketones (excluding diaryl/α,β-unsaturated/α-hetero) is 2. The fraction of sp³-hybridized carbons (Fsp3) is 0.118. The highest BCUT2D eigenvalue weighted by Crippen LogP contribution is 2.16. The van der Waals surface area contributed by atoms with Crippen LogP contribution >= 0.6 is 0 Å². The number of anilines is 1. The molecule has 0 fully saturated rings. The smallest absolute Gasteiger partial charge is 0.251 e. The number of amides is 2. The zero-order chi connectivity index (χ0) is 17.5. The molecule has 2 N–H and O–H groups in total. The Kier molecular flexibility index (Phi) is 5.51. The first-order valence-electron chi connectivity index (χ1n) is 7.11. The van der Waals surface area contributed by atoms with E-state index in [4.69, 9.17) is 0 Å². The molecule has 0 radical (unpaired) electrons. The van der Waals surface area contributed by atoms with Crippen LogP contribution in [0.25, 0.3) is 0 Å². The van der Waals surface area contributed by atoms with Gasteiger partial charge in [0.25, 0.3) is 5.91 Å². The van der Waals surface area contributed by atoms with E-state index in [2.05, 4.69) is 15.6 Å². The van der Waals surface area contributed by atoms with Crippen LogP contribution in [0.4, 0.5) is 5.69 Å². The number of carbonyl (C=O) groups is 4. The molecule has 2 aromatic rings. The van der Waals surface area contributed by atoms with Crippen molar-refractivity contribution >= 4 is 29.1 Å². The molecule has 0 aliphatic rings. The Labute approximate surface area is 138 Å². The molecule has 0 atom stereocenters. The van der Waals surface area contributed by atoms with Crippen molar-refractivity contribution in [2.75, 3.05) is 11.9 Å². The number of para-hydroxylation sites is 1. The molecular weight excluding hydrogens is 310 g/mol. The van der Waals surface area contributed by atoms with E-state index in [-0.39, 0.29) is 17.2 Å². The summed E-state index contributed by atoms with van der Waals surface area (Å²) in [5.41, 5.74) is 0.670. The van der Waals surface area contributed by atoms with Crippen molar-refractivity contribution in [3.63, 3.8) is 0 Å². The molecule has 0 spiro atoms. The molecule has 24 heavy (non-hydrogen) atoms. The Hall–Kier alpha value is -3.35. The largest absolute Gasteiger partial charge is 0.344 e. The number of nitrogens with zero attached hydrogens (tertiary/aromatic N) is 1. The monoisotopic (exact) mass is 325 g/mol. The number of nitrogens with one attached hydrogen (secondary N) is 2. The molecule has 0 bridgehead atoms. The van der Waals surface area contributed by atoms with Crippen molar-refractivity contribution in [3.05, 3.63) is 59.9 Å². The van der Waals surface area contributed by atoms with E-state index in [9.17, 15) is 19.2 Å². The second kappa shape index (κ2) is 7.77. The second-order valence-corrected chi connectivity index (χ2v) is 4.90. The van der Waals surface area contributed by atoms with Crippen LogP contribution in [0.1, 0.15) is 27.6 Å². The van der Waals surface area contributed by atoms with Crippen LogP contribution < -0.4 is 10.6 Å². The van der Waals surface area contributed by atoms with Crippen molar-refractivity contribution in [1.82, 2.24) is 10.3 Å². The van der Waals surface area contributed by atoms with E-state index in [1.807, 2.05) is 0 Å². The van der Waals surface area contributed by atoms with E-state index >= 15 is 0 Å². The van der Waals surface area contributed by atoms with Gasteiger partial charge in [-0.25, -0.2) is 0 Å². The van der Waals surface area contributed by atoms with Gasteiger partial charge >= 0.3 is 0 Å². The van der Waals surface area contributed by atoms with Gasteiger partial charge in [-0.1, -0.05) is 12.1 Å². The molecule has 122 valence electrons. The zero-order valence-corrected chi connectivity index (χ0v) is 12.9. The highest BCUT2D eigenvalue weighted by molar-refractivity contribution is 6.45. The number of aromatic nitrogens is 1. The van der Waals surface area contributed by atoms with Gasteiger partial charge < -0.3 is 10.6 Å². The fourth-order valence-corrected chi connectivity index (χ4v) is 1.98. The number of rotatable bonds is 6. The summed E-state index contributed by atoms with van der Waals surface area (Å²) >= 11 is 0. The number of ketones is 2. The van der Waals surface area contributed by atoms with Crippen LogP contribution in [0.5, 0.6) is 0 Å². The van der Waals surface area contributed by atoms with E-state index in [0.717, 1.165) is 0 Å². The molecule has 0 saturated heterocycles. The van der Waals surface area contributed by atoms with Crippen LogP contribution in [0, 0.1) is 0 Å². The van der Waals surface area contributed by atoms with Gasteiger partial charge in [0.1, 0.15) is 0 Å². The minimum absolute atomic E-state index is 0.0795. The fourth-order valence-electron chi connectivity index (χ4n) is 1.98. The van der Waals surface area contributed by atoms with Gasteiger partial charge in [-0.3, -0.25) is 24.2 Å². The van der Waals surface area contributed by atoms with Crippen LogP contribution in [0.15, 0.2) is 48.8 Å². The van der Waals surface area contributed by atoms with Gasteiger partial charge in [0.2, 0.25) is 17.5 Å². The molecule has 1 aromatic heterocycles. The van der Waals surface area contributed by atoms with Gasteiger partial charge in [0.15, 0.2) is 0 Å². The number of pyridine rings is 1. The molecule has 1 heterocycles. The Morgan fingerprint density at radius 2 is 1.67 bits per heavy atom. The van der Waals surface area contributed by atoms with E-state index < -0.39 is 24.0 Å². The summed E-state index contributed by atoms with van der Waals surface area (Å²) in [5.74, 6) is -2.40. The number of carbonyl (C=O) groups excluding carboxylic acids is 4. The van der Waals surface area contributed by atoms with E-state index in [0.29, 0.717) is 5.56 Å². The molecule has 1 aromatic carbocycles. The predicted molar refractivity (Wildman–Crippen MR) is 86.7 cm³/mol. The van der Waals surface area contributed by atoms with Gasteiger partial charge in [0, 0.05) is 30.4 Å². The molecule has 2 rings (SSSR count). The molecule has 7 nitrogen and oxygen atoms in total. The predicted octanol–water partition coefficient (Wildman–Crippen LogP) is 1.22. The number of hydrogen-bond donors (Lipinski definition) is 2. The zero-order valence-electron chi connectivity index (χ0n) is 12.9. The lowest BCUT2D eigenvalue weighted by atomic mass is 10.0. The van der Waals surface area contributed by atoms with Crippen LogP contribution in [0.2, 0.25) is 0 Å². The maximum atomic E-state index is 12.2. The maximum absolute atomic E-state index is 12.2. The van der Waals surface area contributed by atoms with Crippen molar-refractivity contribution in [2.24, 2.45) is 0 Å². The van der Waals surface area contributed by atoms with Crippen molar-refractivity contribution in [1.29, 1.82) is 0 Å². The van der Waals surface area contributed by atoms with Gasteiger partial charge in [-0.05, 0) is 24.3 Å². The third-order valence-corrected chi connectivity index (χ3v) is 3.09. The first-order valence-corrected chi connectivity index (χ1v) is 7.11. The van der Waals surface area contributed by atoms with Crippen molar-refractivity contribution in [3.8, 4) is 0 Å². The summed E-state index contributed by atoms with van der Waals surface area (Å²) in [5, 5.41) is 4.88. The summed E-state index contributed by atoms with van der Waals surface area (Å²) in [6, 6.07) is 9.17. The molecule has 0 aliphatic carbocycles. The lowest BCUT2D eigenvalue weighted by Crippen LogP contribution is -2.33. The van der Waals surface area contributed by atoms with Crippen LogP contribution in [-0.4, -0.2) is 34.9 Å². The first kappa shape index (κ1) is 17.0. The van der Waals surface area contributed by atoms with Gasteiger partial charge in [0.05, 0.1) is 12.2 Å². The molecule has 0 aliphatic heterocycles. The number of benzene rings is 1. The van der Waals surface area contributed by atoms with E-state index in [1.165, 1.54) is 43.6 Å². The highest BCUT2D eigenvalue weighted by Gasteiger charge is 2.20. The molecular formula is C17H15N3O4. The summed E-state index contributed by atoms with van der Waals surface area (Å²) in [4.78, 5) is 51.1. The van der Waals surface area contributed by atoms with Gasteiger partial charge in [-0.15, -0.1) is 0 Å². The normalized spacial score (nSPS) is 9.88. The quantitative estimate of drug-likeness (QED) is 0.614. The van der Waals surface area contributed by atoms with Crippen molar-refractivity contribution < 1.29 is 19.2 Å².